The molecule has 3 aromatic rings. The van der Waals surface area contributed by atoms with Crippen LogP contribution in [0.25, 0.3) is 10.8 Å². The monoisotopic (exact) mass is 1010 g/mol. The molecular weight excluding hydrogens is 945 g/mol. The second-order valence-corrected chi connectivity index (χ2v) is 18.3. The van der Waals surface area contributed by atoms with Crippen LogP contribution in [0.3, 0.4) is 0 Å². The predicted octanol–water partition coefficient (Wildman–Crippen LogP) is -1.68. The molecule has 3 aliphatic rings. The molecule has 15 atom stereocenters. The van der Waals surface area contributed by atoms with E-state index in [1.54, 1.807) is 60.7 Å². The number of aliphatic hydroxyl groups is 6. The number of methoxy groups -OCH3 is 2. The van der Waals surface area contributed by atoms with Gasteiger partial charge in [-0.25, -0.2) is 4.79 Å². The molecule has 14 N–H and O–H groups in total. The number of fused-ring (bicyclic) bond motifs is 1. The minimum atomic E-state index is -1.74. The molecular formula is C49H68N6O17. The van der Waals surface area contributed by atoms with Gasteiger partial charge >= 0.3 is 5.97 Å². The highest BCUT2D eigenvalue weighted by molar-refractivity contribution is 5.99. The molecule has 23 heteroatoms. The number of hydrogen-bond donors (Lipinski definition) is 12. The van der Waals surface area contributed by atoms with Crippen molar-refractivity contribution in [3.63, 3.8) is 0 Å². The first-order chi connectivity index (χ1) is 34.5. The van der Waals surface area contributed by atoms with Gasteiger partial charge in [-0.2, -0.15) is 0 Å². The molecule has 23 nitrogen and oxygen atoms in total. The summed E-state index contributed by atoms with van der Waals surface area (Å²) in [7, 11) is 2.76. The zero-order valence-corrected chi connectivity index (χ0v) is 40.3. The molecule has 1 saturated heterocycles. The van der Waals surface area contributed by atoms with Gasteiger partial charge in [0.15, 0.2) is 6.29 Å². The van der Waals surface area contributed by atoms with Crippen molar-refractivity contribution in [2.75, 3.05) is 47.2 Å². The largest absolute Gasteiger partial charge is 0.494 e. The van der Waals surface area contributed by atoms with Gasteiger partial charge < -0.3 is 91.2 Å². The normalized spacial score (nSPS) is 30.5. The van der Waals surface area contributed by atoms with Gasteiger partial charge in [0.25, 0.3) is 0 Å². The molecule has 2 saturated carbocycles. The highest BCUT2D eigenvalue weighted by Gasteiger charge is 2.53. The number of benzene rings is 3. The van der Waals surface area contributed by atoms with Gasteiger partial charge in [-0.05, 0) is 72.5 Å². The number of carbonyl (C=O) groups is 4. The van der Waals surface area contributed by atoms with Crippen molar-refractivity contribution >= 4 is 40.3 Å². The lowest BCUT2D eigenvalue weighted by molar-refractivity contribution is -0.314. The first kappa shape index (κ1) is 55.9. The fourth-order valence-electron chi connectivity index (χ4n) is 9.51. The van der Waals surface area contributed by atoms with E-state index in [2.05, 4.69) is 16.0 Å². The highest BCUT2D eigenvalue weighted by Crippen LogP contribution is 2.36. The van der Waals surface area contributed by atoms with E-state index in [9.17, 15) is 49.8 Å². The summed E-state index contributed by atoms with van der Waals surface area (Å²) in [5.41, 5.74) is 12.7. The van der Waals surface area contributed by atoms with E-state index < -0.39 is 135 Å². The molecule has 3 aromatic carbocycles. The van der Waals surface area contributed by atoms with Crippen molar-refractivity contribution < 1.29 is 83.0 Å². The van der Waals surface area contributed by atoms with E-state index in [1.807, 2.05) is 0 Å². The predicted molar refractivity (Wildman–Crippen MR) is 256 cm³/mol. The molecule has 2 aliphatic carbocycles. The van der Waals surface area contributed by atoms with E-state index in [-0.39, 0.29) is 44.7 Å². The lowest BCUT2D eigenvalue weighted by Crippen LogP contribution is -2.69. The van der Waals surface area contributed by atoms with Gasteiger partial charge in [0.05, 0.1) is 61.4 Å². The Kier molecular flexibility index (Phi) is 20.2. The van der Waals surface area contributed by atoms with Gasteiger partial charge in [0.1, 0.15) is 47.8 Å². The number of amides is 3. The molecule has 3 fully saturated rings. The number of ether oxygens (including phenoxy) is 7. The van der Waals surface area contributed by atoms with E-state index in [1.165, 1.54) is 21.1 Å². The van der Waals surface area contributed by atoms with Crippen LogP contribution >= 0.6 is 0 Å². The van der Waals surface area contributed by atoms with Crippen LogP contribution in [0.5, 0.6) is 11.5 Å². The van der Waals surface area contributed by atoms with Crippen molar-refractivity contribution in [2.24, 2.45) is 23.3 Å². The maximum absolute atomic E-state index is 13.6. The number of aliphatic hydroxyl groups excluding tert-OH is 6. The van der Waals surface area contributed by atoms with E-state index in [0.29, 0.717) is 29.0 Å². The van der Waals surface area contributed by atoms with E-state index in [0.717, 1.165) is 10.8 Å². The van der Waals surface area contributed by atoms with Crippen LogP contribution in [0.4, 0.5) is 0 Å². The number of nitrogens with two attached hydrogens (primary N) is 2. The third kappa shape index (κ3) is 13.8. The van der Waals surface area contributed by atoms with Crippen LogP contribution < -0.4 is 36.9 Å². The number of amidine groups is 1. The molecule has 6 rings (SSSR count). The molecule has 396 valence electrons. The first-order valence-corrected chi connectivity index (χ1v) is 23.8. The average Bonchev–Trinajstić information content (AvgIpc) is 3.37. The van der Waals surface area contributed by atoms with Crippen molar-refractivity contribution in [3.05, 3.63) is 71.8 Å². The Hall–Kier alpha value is -5.41. The van der Waals surface area contributed by atoms with Crippen molar-refractivity contribution in [1.29, 1.82) is 5.41 Å². The van der Waals surface area contributed by atoms with Crippen LogP contribution in [0.15, 0.2) is 60.7 Å². The van der Waals surface area contributed by atoms with Crippen LogP contribution in [0, 0.1) is 17.2 Å². The minimum absolute atomic E-state index is 0.0218. The molecule has 72 heavy (non-hydrogen) atoms. The smallest absolute Gasteiger partial charge is 0.343 e. The Morgan fingerprint density at radius 1 is 0.722 bits per heavy atom. The lowest BCUT2D eigenvalue weighted by Gasteiger charge is -2.50. The maximum Gasteiger partial charge on any atom is 0.343 e. The number of nitrogens with one attached hydrogen (secondary N) is 4. The summed E-state index contributed by atoms with van der Waals surface area (Å²) < 4.78 is 40.9. The average molecular weight is 1010 g/mol. The summed E-state index contributed by atoms with van der Waals surface area (Å²) in [6, 6.07) is 13.2. The summed E-state index contributed by atoms with van der Waals surface area (Å²) in [5.74, 6) is -2.93. The number of carbonyl (C=O) groups excluding carboxylic acids is 4. The molecule has 0 bridgehead atoms. The molecule has 6 unspecified atom stereocenters. The Morgan fingerprint density at radius 2 is 1.35 bits per heavy atom. The van der Waals surface area contributed by atoms with E-state index in [4.69, 9.17) is 50.0 Å². The number of rotatable bonds is 22. The minimum Gasteiger partial charge on any atom is -0.494 e. The Labute approximate surface area is 415 Å². The third-order valence-corrected chi connectivity index (χ3v) is 13.4. The first-order valence-electron chi connectivity index (χ1n) is 23.8. The maximum atomic E-state index is 13.6. The van der Waals surface area contributed by atoms with Gasteiger partial charge in [-0.15, -0.1) is 0 Å². The molecule has 0 aromatic heterocycles. The SMILES string of the molecule is CO[C@@H]1C(CO)C[C@@H](O[C@@H]2C(CO)O[C@@H](O[C@@H]3C(CO)C[C@@H](OC)[C@@H](N)C3O)C(NC(=O)CCC(=O)NCCCOc3ccc(C(=O)Oc4ccc5cc(C(=N)N)ccc5c4)cc3)[C@H]2O)[C@@H](NC(C)=O)C1O. The Bertz CT molecular complexity index is 2310. The quantitative estimate of drug-likeness (QED) is 0.0176. The van der Waals surface area contributed by atoms with Crippen LogP contribution in [-0.4, -0.2) is 187 Å². The summed E-state index contributed by atoms with van der Waals surface area (Å²) in [6.07, 6.45) is -12.8. The van der Waals surface area contributed by atoms with E-state index >= 15 is 0 Å². The lowest BCUT2D eigenvalue weighted by atomic mass is 9.79. The van der Waals surface area contributed by atoms with Gasteiger partial charge in [0, 0.05) is 71.1 Å². The Morgan fingerprint density at radius 3 is 2.00 bits per heavy atom. The van der Waals surface area contributed by atoms with Gasteiger partial charge in [0.2, 0.25) is 17.7 Å². The van der Waals surface area contributed by atoms with Crippen LogP contribution in [-0.2, 0) is 38.1 Å². The zero-order chi connectivity index (χ0) is 52.2. The second kappa shape index (κ2) is 26.0. The van der Waals surface area contributed by atoms with Crippen LogP contribution in [0.1, 0.15) is 54.9 Å². The molecule has 3 amide bonds. The van der Waals surface area contributed by atoms with Gasteiger partial charge in [-0.1, -0.05) is 18.2 Å². The molecule has 1 heterocycles. The van der Waals surface area contributed by atoms with Crippen molar-refractivity contribution in [3.8, 4) is 11.5 Å². The van der Waals surface area contributed by atoms with Crippen LogP contribution in [0.2, 0.25) is 0 Å². The summed E-state index contributed by atoms with van der Waals surface area (Å²) in [6.45, 7) is -0.0247. The number of nitrogen functional groups attached to an aromatic ring is 1. The zero-order valence-electron chi connectivity index (χ0n) is 40.3. The van der Waals surface area contributed by atoms with Gasteiger partial charge in [-0.3, -0.25) is 19.8 Å². The number of hydrogen-bond acceptors (Lipinski definition) is 19. The highest BCUT2D eigenvalue weighted by atomic mass is 16.7. The summed E-state index contributed by atoms with van der Waals surface area (Å²) in [5, 5.41) is 82.9. The molecule has 0 radical (unpaired) electrons. The summed E-state index contributed by atoms with van der Waals surface area (Å²) >= 11 is 0. The molecule has 1 aliphatic heterocycles. The van der Waals surface area contributed by atoms with Crippen molar-refractivity contribution in [1.82, 2.24) is 16.0 Å². The topological polar surface area (TPSA) is 366 Å². The third-order valence-electron chi connectivity index (χ3n) is 13.4. The van der Waals surface area contributed by atoms with Crippen molar-refractivity contribution in [2.45, 2.75) is 118 Å². The fourth-order valence-corrected chi connectivity index (χ4v) is 9.51. The fraction of sp³-hybridized carbons (Fsp3) is 0.571. The molecule has 0 spiro atoms. The Balaban J connectivity index is 1.03. The number of esters is 1. The standard InChI is InChI=1S/C49H68N6O17/c1-24(59)54-39-34(20-29(21-56)44(67-3)42(39)63)70-46-35(23-58)71-49(72-45-30(22-57)19-33(66-2)38(50)41(45)62)40(43(46)64)55-37(61)14-13-36(60)53-15-4-16-68-31-10-7-25(8-11-31)48(65)69-32-12-9-26-17-28(47(51)52)6-5-27(26)18-32/h5-12,17-18,29-30,33-35,38-46,49,56-58,62-64H,4,13-16,19-23,50H2,1-3H3,(H3,51,52)(H,53,60)(H,54,59)(H,55,61)/t29?,30?,33-,34-,35?,38-,39-,40?,41?,42?,43-,44-,45-,46-,49+/m1/s1. The second-order valence-electron chi connectivity index (χ2n) is 18.3. The summed E-state index contributed by atoms with van der Waals surface area (Å²) in [4.78, 5) is 51.6.